The lowest BCUT2D eigenvalue weighted by Gasteiger charge is -2.52. The minimum Gasteiger partial charge on any atom is -0.465 e. The van der Waals surface area contributed by atoms with E-state index < -0.39 is 47.1 Å². The molecule has 45 heavy (non-hydrogen) atoms. The van der Waals surface area contributed by atoms with Crippen molar-refractivity contribution in [3.63, 3.8) is 0 Å². The molecule has 10 nitrogen and oxygen atoms in total. The first-order chi connectivity index (χ1) is 21.2. The number of rotatable bonds is 6. The first-order valence-electron chi connectivity index (χ1n) is 15.4. The van der Waals surface area contributed by atoms with E-state index in [9.17, 15) is 42.6 Å². The van der Waals surface area contributed by atoms with Gasteiger partial charge < -0.3 is 29.5 Å². The van der Waals surface area contributed by atoms with Crippen LogP contribution in [0.25, 0.3) is 11.1 Å². The van der Waals surface area contributed by atoms with Gasteiger partial charge in [-0.05, 0) is 24.8 Å². The maximum Gasteiger partial charge on any atom is 0.407 e. The lowest BCUT2D eigenvalue weighted by Crippen LogP contribution is -2.62. The number of hydrogen-bond acceptors (Lipinski definition) is 5. The molecular formula is C32H39F3N4O6. The quantitative estimate of drug-likeness (QED) is 0.495. The average molecular weight is 633 g/mol. The smallest absolute Gasteiger partial charge is 0.407 e. The number of carbonyl (C=O) groups is 3. The predicted octanol–water partition coefficient (Wildman–Crippen LogP) is 4.06. The second-order valence-electron chi connectivity index (χ2n) is 12.7. The monoisotopic (exact) mass is 632 g/mol. The first-order valence-corrected chi connectivity index (χ1v) is 15.4. The maximum atomic E-state index is 13.9. The number of carboxylic acid groups (broad SMARTS) is 1. The van der Waals surface area contributed by atoms with Crippen LogP contribution in [0.1, 0.15) is 55.8 Å². The van der Waals surface area contributed by atoms with E-state index in [1.807, 2.05) is 6.07 Å². The van der Waals surface area contributed by atoms with Crippen LogP contribution < -0.4 is 5.56 Å². The summed E-state index contributed by atoms with van der Waals surface area (Å²) in [5.41, 5.74) is -1.38. The number of carbonyl (C=O) groups excluding carboxylic acids is 2. The van der Waals surface area contributed by atoms with E-state index in [-0.39, 0.29) is 63.7 Å². The Morgan fingerprint density at radius 2 is 1.56 bits per heavy atom. The summed E-state index contributed by atoms with van der Waals surface area (Å²) in [6.45, 7) is 1.95. The van der Waals surface area contributed by atoms with Crippen LogP contribution in [0, 0.1) is 11.3 Å². The number of halogens is 3. The van der Waals surface area contributed by atoms with Crippen LogP contribution in [0.3, 0.4) is 0 Å². The molecule has 3 fully saturated rings. The molecule has 5 rings (SSSR count). The number of pyridine rings is 1. The Labute approximate surface area is 259 Å². The predicted molar refractivity (Wildman–Crippen MR) is 159 cm³/mol. The summed E-state index contributed by atoms with van der Waals surface area (Å²) in [6, 6.07) is 10.3. The second kappa shape index (κ2) is 12.5. The number of piperidine rings is 1. The van der Waals surface area contributed by atoms with Gasteiger partial charge in [-0.3, -0.25) is 14.4 Å². The van der Waals surface area contributed by atoms with Crippen molar-refractivity contribution in [1.82, 2.24) is 19.3 Å². The molecular weight excluding hydrogens is 593 g/mol. The zero-order valence-electron chi connectivity index (χ0n) is 25.3. The van der Waals surface area contributed by atoms with Crippen molar-refractivity contribution < 1.29 is 37.8 Å². The molecule has 2 aliphatic heterocycles. The van der Waals surface area contributed by atoms with Gasteiger partial charge in [0.2, 0.25) is 5.91 Å². The largest absolute Gasteiger partial charge is 0.465 e. The van der Waals surface area contributed by atoms with Gasteiger partial charge in [-0.1, -0.05) is 50.1 Å². The molecule has 1 aromatic carbocycles. The fourth-order valence-electron chi connectivity index (χ4n) is 7.31. The Balaban J connectivity index is 1.45. The number of hydrogen-bond donors (Lipinski definition) is 2. The molecule has 1 aliphatic carbocycles. The molecule has 2 saturated heterocycles. The third-order valence-electron chi connectivity index (χ3n) is 9.82. The van der Waals surface area contributed by atoms with Crippen LogP contribution in [0.15, 0.2) is 47.4 Å². The number of nitrogens with zero attached hydrogens (tertiary/aromatic N) is 4. The van der Waals surface area contributed by atoms with E-state index >= 15 is 0 Å². The van der Waals surface area contributed by atoms with Crippen LogP contribution in [-0.2, 0) is 11.3 Å². The van der Waals surface area contributed by atoms with Gasteiger partial charge in [-0.2, -0.15) is 13.2 Å². The fraction of sp³-hybridized carbons (Fsp3) is 0.562. The number of aliphatic hydroxyl groups is 1. The highest BCUT2D eigenvalue weighted by Gasteiger charge is 2.56. The van der Waals surface area contributed by atoms with Crippen molar-refractivity contribution in [1.29, 1.82) is 0 Å². The molecule has 3 heterocycles. The standard InChI is InChI=1S/C32H39F3N4O6/c1-22(18-32(33,34)35)27(41)38-12-11-31(45,30(20-38)9-5-6-10-30)21-39-19-25(24(17-26(39)40)23-7-3-2-4-8-23)28(42)36-13-15-37(16-14-36)29(43)44/h2-4,7-8,17,19,22,45H,5-6,9-16,18,20-21H2,1H3,(H,43,44)/t22?,31-/m1/s1. The summed E-state index contributed by atoms with van der Waals surface area (Å²) in [5, 5.41) is 21.6. The number of piperazine rings is 1. The Hall–Kier alpha value is -3.87. The third kappa shape index (κ3) is 6.73. The minimum atomic E-state index is -4.47. The summed E-state index contributed by atoms with van der Waals surface area (Å²) < 4.78 is 40.4. The van der Waals surface area contributed by atoms with E-state index in [0.29, 0.717) is 24.0 Å². The number of benzene rings is 1. The lowest BCUT2D eigenvalue weighted by atomic mass is 9.65. The average Bonchev–Trinajstić information content (AvgIpc) is 3.48. The highest BCUT2D eigenvalue weighted by molar-refractivity contribution is 6.00. The number of alkyl halides is 3. The SMILES string of the molecule is CC(CC(F)(F)F)C(=O)N1CC[C@@](O)(Cn2cc(C(=O)N3CCN(C(=O)O)CC3)c(-c3ccccc3)cc2=O)C2(CCCC2)C1. The van der Waals surface area contributed by atoms with Gasteiger partial charge in [0.05, 0.1) is 24.1 Å². The maximum absolute atomic E-state index is 13.9. The first kappa shape index (κ1) is 32.5. The molecule has 2 N–H and O–H groups in total. The molecule has 13 heteroatoms. The molecule has 2 aromatic rings. The molecule has 244 valence electrons. The van der Waals surface area contributed by atoms with Crippen molar-refractivity contribution in [3.05, 3.63) is 58.5 Å². The highest BCUT2D eigenvalue weighted by Crippen LogP contribution is 2.52. The normalized spacial score (nSPS) is 22.5. The van der Waals surface area contributed by atoms with Gasteiger partial charge in [0.1, 0.15) is 0 Å². The van der Waals surface area contributed by atoms with Crippen molar-refractivity contribution in [2.75, 3.05) is 39.3 Å². The molecule has 0 bridgehead atoms. The molecule has 1 saturated carbocycles. The summed E-state index contributed by atoms with van der Waals surface area (Å²) in [6.07, 6.45) is -2.56. The molecule has 2 atom stereocenters. The van der Waals surface area contributed by atoms with Gasteiger partial charge in [0.25, 0.3) is 11.5 Å². The molecule has 1 unspecified atom stereocenters. The van der Waals surface area contributed by atoms with E-state index in [1.54, 1.807) is 29.2 Å². The van der Waals surface area contributed by atoms with E-state index in [2.05, 4.69) is 0 Å². The summed E-state index contributed by atoms with van der Waals surface area (Å²) in [4.78, 5) is 56.1. The van der Waals surface area contributed by atoms with Crippen molar-refractivity contribution in [2.45, 2.75) is 63.8 Å². The van der Waals surface area contributed by atoms with Crippen molar-refractivity contribution in [3.8, 4) is 11.1 Å². The number of likely N-dealkylation sites (tertiary alicyclic amines) is 1. The van der Waals surface area contributed by atoms with Gasteiger partial charge in [-0.25, -0.2) is 4.79 Å². The van der Waals surface area contributed by atoms with E-state index in [0.717, 1.165) is 12.8 Å². The van der Waals surface area contributed by atoms with Crippen LogP contribution in [0.4, 0.5) is 18.0 Å². The molecule has 1 spiro atoms. The Morgan fingerprint density at radius 1 is 0.933 bits per heavy atom. The van der Waals surface area contributed by atoms with E-state index in [4.69, 9.17) is 0 Å². The Kier molecular flexibility index (Phi) is 9.03. The van der Waals surface area contributed by atoms with Crippen molar-refractivity contribution in [2.24, 2.45) is 11.3 Å². The Morgan fingerprint density at radius 3 is 2.16 bits per heavy atom. The van der Waals surface area contributed by atoms with Gasteiger partial charge in [-0.15, -0.1) is 0 Å². The molecule has 0 radical (unpaired) electrons. The van der Waals surface area contributed by atoms with Gasteiger partial charge in [0.15, 0.2) is 0 Å². The third-order valence-corrected chi connectivity index (χ3v) is 9.82. The van der Waals surface area contributed by atoms with Crippen LogP contribution >= 0.6 is 0 Å². The summed E-state index contributed by atoms with van der Waals surface area (Å²) in [5.74, 6) is -2.20. The topological polar surface area (TPSA) is 123 Å². The minimum absolute atomic E-state index is 0.0514. The lowest BCUT2D eigenvalue weighted by molar-refractivity contribution is -0.172. The van der Waals surface area contributed by atoms with Crippen LogP contribution in [0.5, 0.6) is 0 Å². The molecule has 3 amide bonds. The highest BCUT2D eigenvalue weighted by atomic mass is 19.4. The summed E-state index contributed by atoms with van der Waals surface area (Å²) in [7, 11) is 0. The number of aromatic nitrogens is 1. The second-order valence-corrected chi connectivity index (χ2v) is 12.7. The van der Waals surface area contributed by atoms with Crippen LogP contribution in [-0.4, -0.2) is 98.4 Å². The van der Waals surface area contributed by atoms with Crippen LogP contribution in [0.2, 0.25) is 0 Å². The summed E-state index contributed by atoms with van der Waals surface area (Å²) >= 11 is 0. The zero-order chi connectivity index (χ0) is 32.6. The zero-order valence-corrected chi connectivity index (χ0v) is 25.3. The Bertz CT molecular complexity index is 1480. The van der Waals surface area contributed by atoms with Gasteiger partial charge >= 0.3 is 12.3 Å². The molecule has 1 aromatic heterocycles. The number of amides is 3. The molecule has 3 aliphatic rings. The van der Waals surface area contributed by atoms with E-state index in [1.165, 1.54) is 33.6 Å². The van der Waals surface area contributed by atoms with Gasteiger partial charge in [0, 0.05) is 68.4 Å². The fourth-order valence-corrected chi connectivity index (χ4v) is 7.31. The van der Waals surface area contributed by atoms with Crippen molar-refractivity contribution >= 4 is 17.9 Å².